The lowest BCUT2D eigenvalue weighted by Gasteiger charge is -2.12. The van der Waals surface area contributed by atoms with Gasteiger partial charge in [0.1, 0.15) is 0 Å². The molecular weight excluding hydrogens is 368 g/mol. The Labute approximate surface area is 160 Å². The van der Waals surface area contributed by atoms with Crippen LogP contribution in [0.2, 0.25) is 5.02 Å². The van der Waals surface area contributed by atoms with E-state index in [4.69, 9.17) is 25.6 Å². The summed E-state index contributed by atoms with van der Waals surface area (Å²) in [5.74, 6) is 1.82. The minimum Gasteiger partial charge on any atom is -0.454 e. The molecule has 1 aromatic heterocycles. The standard InChI is InChI=1S/C20H15ClN2O4/c21-13-3-1-12(2-4-13)16-10-18(23-27-16)20(7-8-20)19(24)22-14-5-6-15-17(9-14)26-11-25-15/h1-6,9-10H,7-8,11H2,(H,22,24). The molecule has 1 amide bonds. The van der Waals surface area contributed by atoms with Crippen LogP contribution < -0.4 is 14.8 Å². The fourth-order valence-electron chi connectivity index (χ4n) is 3.20. The first-order valence-corrected chi connectivity index (χ1v) is 8.96. The summed E-state index contributed by atoms with van der Waals surface area (Å²) in [5, 5.41) is 7.77. The SMILES string of the molecule is O=C(Nc1ccc2c(c1)OCO2)C1(c2cc(-c3ccc(Cl)cc3)on2)CC1. The van der Waals surface area contributed by atoms with Gasteiger partial charge in [-0.3, -0.25) is 4.79 Å². The van der Waals surface area contributed by atoms with Gasteiger partial charge in [-0.05, 0) is 49.2 Å². The maximum Gasteiger partial charge on any atom is 0.236 e. The molecule has 3 aromatic rings. The van der Waals surface area contributed by atoms with Crippen molar-refractivity contribution in [3.05, 3.63) is 59.2 Å². The zero-order valence-corrected chi connectivity index (χ0v) is 15.0. The molecule has 0 bridgehead atoms. The fourth-order valence-corrected chi connectivity index (χ4v) is 3.33. The lowest BCUT2D eigenvalue weighted by atomic mass is 10.00. The van der Waals surface area contributed by atoms with Crippen LogP contribution in [0.15, 0.2) is 53.1 Å². The summed E-state index contributed by atoms with van der Waals surface area (Å²) >= 11 is 5.92. The quantitative estimate of drug-likeness (QED) is 0.724. The van der Waals surface area contributed by atoms with Crippen molar-refractivity contribution in [1.82, 2.24) is 5.16 Å². The Morgan fingerprint density at radius 2 is 1.81 bits per heavy atom. The summed E-state index contributed by atoms with van der Waals surface area (Å²) in [6.45, 7) is 0.198. The number of fused-ring (bicyclic) bond motifs is 1. The third kappa shape index (κ3) is 2.82. The van der Waals surface area contributed by atoms with Gasteiger partial charge in [0.2, 0.25) is 12.7 Å². The average molecular weight is 383 g/mol. The van der Waals surface area contributed by atoms with E-state index in [-0.39, 0.29) is 12.7 Å². The van der Waals surface area contributed by atoms with Crippen molar-refractivity contribution in [2.45, 2.75) is 18.3 Å². The van der Waals surface area contributed by atoms with Crippen LogP contribution in [0.25, 0.3) is 11.3 Å². The van der Waals surface area contributed by atoms with Gasteiger partial charge in [0.25, 0.3) is 0 Å². The lowest BCUT2D eigenvalue weighted by Crippen LogP contribution is -2.28. The molecule has 0 atom stereocenters. The van der Waals surface area contributed by atoms with Crippen molar-refractivity contribution < 1.29 is 18.8 Å². The minimum absolute atomic E-state index is 0.0997. The number of halogens is 1. The highest BCUT2D eigenvalue weighted by molar-refractivity contribution is 6.30. The normalized spacial score (nSPS) is 16.2. The largest absolute Gasteiger partial charge is 0.454 e. The number of hydrogen-bond acceptors (Lipinski definition) is 5. The molecule has 0 spiro atoms. The predicted molar refractivity (Wildman–Crippen MR) is 99.1 cm³/mol. The summed E-state index contributed by atoms with van der Waals surface area (Å²) in [6.07, 6.45) is 1.46. The summed E-state index contributed by atoms with van der Waals surface area (Å²) < 4.78 is 16.1. The Kier molecular flexibility index (Phi) is 3.62. The highest BCUT2D eigenvalue weighted by Crippen LogP contribution is 2.49. The van der Waals surface area contributed by atoms with Gasteiger partial charge in [0.05, 0.1) is 11.1 Å². The molecule has 2 aliphatic rings. The molecule has 1 aliphatic heterocycles. The van der Waals surface area contributed by atoms with Crippen LogP contribution in [-0.2, 0) is 10.2 Å². The first kappa shape index (κ1) is 16.2. The van der Waals surface area contributed by atoms with Crippen molar-refractivity contribution in [2.24, 2.45) is 0 Å². The molecule has 2 heterocycles. The molecule has 5 rings (SSSR count). The van der Waals surface area contributed by atoms with Gasteiger partial charge in [-0.25, -0.2) is 0 Å². The second-order valence-electron chi connectivity index (χ2n) is 6.69. The number of carbonyl (C=O) groups is 1. The predicted octanol–water partition coefficient (Wildman–Crippen LogP) is 4.39. The maximum atomic E-state index is 12.9. The second kappa shape index (κ2) is 6.03. The van der Waals surface area contributed by atoms with Crippen molar-refractivity contribution in [3.63, 3.8) is 0 Å². The highest BCUT2D eigenvalue weighted by Gasteiger charge is 2.53. The number of nitrogens with zero attached hydrogens (tertiary/aromatic N) is 1. The molecule has 136 valence electrons. The van der Waals surface area contributed by atoms with E-state index in [0.29, 0.717) is 33.7 Å². The van der Waals surface area contributed by atoms with Crippen LogP contribution in [0.1, 0.15) is 18.5 Å². The lowest BCUT2D eigenvalue weighted by molar-refractivity contribution is -0.118. The van der Waals surface area contributed by atoms with E-state index in [2.05, 4.69) is 10.5 Å². The van der Waals surface area contributed by atoms with E-state index in [9.17, 15) is 4.79 Å². The van der Waals surface area contributed by atoms with Crippen LogP contribution in [-0.4, -0.2) is 17.9 Å². The molecule has 1 N–H and O–H groups in total. The molecule has 27 heavy (non-hydrogen) atoms. The van der Waals surface area contributed by atoms with E-state index in [1.54, 1.807) is 30.3 Å². The minimum atomic E-state index is -0.648. The monoisotopic (exact) mass is 382 g/mol. The number of carbonyl (C=O) groups excluding carboxylic acids is 1. The molecule has 7 heteroatoms. The van der Waals surface area contributed by atoms with Crippen molar-refractivity contribution in [3.8, 4) is 22.8 Å². The topological polar surface area (TPSA) is 73.6 Å². The number of rotatable bonds is 4. The zero-order chi connectivity index (χ0) is 18.4. The highest BCUT2D eigenvalue weighted by atomic mass is 35.5. The molecule has 0 radical (unpaired) electrons. The Morgan fingerprint density at radius 3 is 2.59 bits per heavy atom. The van der Waals surface area contributed by atoms with Gasteiger partial charge >= 0.3 is 0 Å². The van der Waals surface area contributed by atoms with Crippen molar-refractivity contribution in [1.29, 1.82) is 0 Å². The molecule has 1 fully saturated rings. The van der Waals surface area contributed by atoms with Crippen LogP contribution in [0.3, 0.4) is 0 Å². The van der Waals surface area contributed by atoms with Gasteiger partial charge in [0.15, 0.2) is 17.3 Å². The molecule has 0 unspecified atom stereocenters. The fraction of sp³-hybridized carbons (Fsp3) is 0.200. The van der Waals surface area contributed by atoms with Crippen LogP contribution in [0.5, 0.6) is 11.5 Å². The second-order valence-corrected chi connectivity index (χ2v) is 7.12. The number of amides is 1. The maximum absolute atomic E-state index is 12.9. The number of ether oxygens (including phenoxy) is 2. The number of aromatic nitrogens is 1. The van der Waals surface area contributed by atoms with E-state index < -0.39 is 5.41 Å². The van der Waals surface area contributed by atoms with Gasteiger partial charge in [-0.2, -0.15) is 0 Å². The van der Waals surface area contributed by atoms with Crippen molar-refractivity contribution >= 4 is 23.2 Å². The number of anilines is 1. The Hall–Kier alpha value is -2.99. The van der Waals surface area contributed by atoms with E-state index in [1.165, 1.54) is 0 Å². The summed E-state index contributed by atoms with van der Waals surface area (Å²) in [4.78, 5) is 12.9. The summed E-state index contributed by atoms with van der Waals surface area (Å²) in [5.41, 5.74) is 1.53. The van der Waals surface area contributed by atoms with Gasteiger partial charge in [-0.1, -0.05) is 16.8 Å². The van der Waals surface area contributed by atoms with Crippen LogP contribution in [0, 0.1) is 0 Å². The van der Waals surface area contributed by atoms with Gasteiger partial charge in [-0.15, -0.1) is 0 Å². The number of hydrogen-bond donors (Lipinski definition) is 1. The summed E-state index contributed by atoms with van der Waals surface area (Å²) in [6, 6.07) is 14.5. The van der Waals surface area contributed by atoms with Gasteiger partial charge in [0, 0.05) is 28.4 Å². The molecule has 6 nitrogen and oxygen atoms in total. The molecular formula is C20H15ClN2O4. The van der Waals surface area contributed by atoms with Gasteiger partial charge < -0.3 is 19.3 Å². The van der Waals surface area contributed by atoms with E-state index >= 15 is 0 Å². The van der Waals surface area contributed by atoms with Crippen LogP contribution in [0.4, 0.5) is 5.69 Å². The number of benzene rings is 2. The van der Waals surface area contributed by atoms with Crippen LogP contribution >= 0.6 is 11.6 Å². The smallest absolute Gasteiger partial charge is 0.236 e. The van der Waals surface area contributed by atoms with Crippen molar-refractivity contribution in [2.75, 3.05) is 12.1 Å². The molecule has 1 saturated carbocycles. The molecule has 1 aliphatic carbocycles. The molecule has 2 aromatic carbocycles. The average Bonchev–Trinajstić information content (AvgIpc) is 3.12. The Balaban J connectivity index is 1.37. The van der Waals surface area contributed by atoms with E-state index in [0.717, 1.165) is 18.4 Å². The third-order valence-electron chi connectivity index (χ3n) is 4.94. The Morgan fingerprint density at radius 1 is 1.04 bits per heavy atom. The third-order valence-corrected chi connectivity index (χ3v) is 5.20. The summed E-state index contributed by atoms with van der Waals surface area (Å²) in [7, 11) is 0. The van der Waals surface area contributed by atoms with E-state index in [1.807, 2.05) is 18.2 Å². The molecule has 0 saturated heterocycles. The Bertz CT molecular complexity index is 1020. The number of nitrogens with one attached hydrogen (secondary N) is 1. The first-order chi connectivity index (χ1) is 13.1. The first-order valence-electron chi connectivity index (χ1n) is 8.58. The zero-order valence-electron chi connectivity index (χ0n) is 14.2.